The summed E-state index contributed by atoms with van der Waals surface area (Å²) < 4.78 is 0. The number of carbonyl (C=O) groups excluding carboxylic acids is 4. The molecule has 0 bridgehead atoms. The lowest BCUT2D eigenvalue weighted by Crippen LogP contribution is -2.55. The first-order valence-electron chi connectivity index (χ1n) is 12.0. The van der Waals surface area contributed by atoms with Gasteiger partial charge in [0.15, 0.2) is 0 Å². The second-order valence-electron chi connectivity index (χ2n) is 8.70. The van der Waals surface area contributed by atoms with Crippen LogP contribution in [0.3, 0.4) is 0 Å². The maximum Gasteiger partial charge on any atom is 0.246 e. The Kier molecular flexibility index (Phi) is 11.4. The van der Waals surface area contributed by atoms with Gasteiger partial charge in [0.05, 0.1) is 18.1 Å². The lowest BCUT2D eigenvalue weighted by molar-refractivity contribution is -0.141. The van der Waals surface area contributed by atoms with E-state index >= 15 is 0 Å². The van der Waals surface area contributed by atoms with Gasteiger partial charge in [0.1, 0.15) is 18.4 Å². The minimum Gasteiger partial charge on any atom is -0.348 e. The number of likely N-dealkylation sites (N-methyl/N-ethyl adjacent to an activating group) is 2. The smallest absolute Gasteiger partial charge is 0.246 e. The van der Waals surface area contributed by atoms with Crippen molar-refractivity contribution in [1.82, 2.24) is 26.2 Å². The van der Waals surface area contributed by atoms with E-state index in [2.05, 4.69) is 33.1 Å². The van der Waals surface area contributed by atoms with Crippen LogP contribution in [0, 0.1) is 11.8 Å². The molecule has 9 heteroatoms. The molecule has 2 rings (SSSR count). The van der Waals surface area contributed by atoms with E-state index < -0.39 is 24.2 Å². The van der Waals surface area contributed by atoms with Gasteiger partial charge < -0.3 is 31.0 Å². The number of rotatable bonds is 11. The summed E-state index contributed by atoms with van der Waals surface area (Å²) in [5.74, 6) is 4.94. The van der Waals surface area contributed by atoms with Gasteiger partial charge in [0.25, 0.3) is 0 Å². The average Bonchev–Trinajstić information content (AvgIpc) is 3.37. The molecule has 1 aromatic rings. The molecule has 1 fully saturated rings. The molecule has 0 saturated carbocycles. The molecule has 35 heavy (non-hydrogen) atoms. The van der Waals surface area contributed by atoms with Gasteiger partial charge in [-0.25, -0.2) is 0 Å². The first kappa shape index (κ1) is 28.0. The van der Waals surface area contributed by atoms with Crippen LogP contribution in [0.2, 0.25) is 0 Å². The van der Waals surface area contributed by atoms with E-state index in [1.807, 2.05) is 37.3 Å². The Bertz CT molecular complexity index is 927. The fourth-order valence-corrected chi connectivity index (χ4v) is 3.84. The van der Waals surface area contributed by atoms with Crippen LogP contribution < -0.4 is 21.3 Å². The summed E-state index contributed by atoms with van der Waals surface area (Å²) in [6, 6.07) is 7.05. The molecule has 4 N–H and O–H groups in total. The molecule has 5 unspecified atom stereocenters. The van der Waals surface area contributed by atoms with E-state index in [4.69, 9.17) is 0 Å². The van der Waals surface area contributed by atoms with E-state index in [0.29, 0.717) is 25.8 Å². The number of amides is 3. The molecule has 190 valence electrons. The largest absolute Gasteiger partial charge is 0.348 e. The zero-order valence-corrected chi connectivity index (χ0v) is 21.0. The van der Waals surface area contributed by atoms with Crippen LogP contribution in [-0.2, 0) is 19.2 Å². The van der Waals surface area contributed by atoms with Crippen LogP contribution in [0.15, 0.2) is 30.3 Å². The van der Waals surface area contributed by atoms with Crippen LogP contribution >= 0.6 is 0 Å². The highest BCUT2D eigenvalue weighted by molar-refractivity contribution is 5.93. The molecule has 0 radical (unpaired) electrons. The number of hydrogen-bond donors (Lipinski definition) is 4. The summed E-state index contributed by atoms with van der Waals surface area (Å²) in [5.41, 5.74) is 0.980. The van der Waals surface area contributed by atoms with Crippen molar-refractivity contribution in [2.24, 2.45) is 0 Å². The molecule has 0 spiro atoms. The minimum absolute atomic E-state index is 0.0849. The third kappa shape index (κ3) is 8.19. The molecule has 1 aliphatic rings. The summed E-state index contributed by atoms with van der Waals surface area (Å²) in [7, 11) is 3.33. The Balaban J connectivity index is 2.13. The van der Waals surface area contributed by atoms with Gasteiger partial charge >= 0.3 is 0 Å². The topological polar surface area (TPSA) is 120 Å². The molecular formula is C26H37N5O4. The maximum absolute atomic E-state index is 13.5. The second-order valence-corrected chi connectivity index (χ2v) is 8.70. The summed E-state index contributed by atoms with van der Waals surface area (Å²) >= 11 is 0. The third-order valence-electron chi connectivity index (χ3n) is 6.23. The van der Waals surface area contributed by atoms with Gasteiger partial charge in [-0.2, -0.15) is 0 Å². The number of aldehydes is 1. The fourth-order valence-electron chi connectivity index (χ4n) is 3.84. The number of benzene rings is 1. The Morgan fingerprint density at radius 2 is 1.74 bits per heavy atom. The minimum atomic E-state index is -0.894. The van der Waals surface area contributed by atoms with Crippen molar-refractivity contribution < 1.29 is 19.2 Å². The molecule has 0 aliphatic carbocycles. The van der Waals surface area contributed by atoms with E-state index in [1.165, 1.54) is 0 Å². The summed E-state index contributed by atoms with van der Waals surface area (Å²) in [6.07, 6.45) is 2.42. The van der Waals surface area contributed by atoms with Gasteiger partial charge in [-0.1, -0.05) is 30.3 Å². The number of carbonyl (C=O) groups is 4. The Morgan fingerprint density at radius 3 is 2.37 bits per heavy atom. The standard InChI is InChI=1S/C26H37N5O4/c1-18(20-11-6-5-7-12-20)29-25(34)23-15-10-16-31(23)26(35)22(30-24(33)19(2)27-3)14-9-8-13-21(17-32)28-4/h5-7,11-12,17-19,21-23,27-28H,10,13-16H2,1-4H3,(H,29,34)(H,30,33). The van der Waals surface area contributed by atoms with Crippen LogP contribution in [0.5, 0.6) is 0 Å². The quantitative estimate of drug-likeness (QED) is 0.269. The average molecular weight is 484 g/mol. The molecule has 0 aromatic heterocycles. The predicted molar refractivity (Wildman–Crippen MR) is 134 cm³/mol. The molecule has 1 aliphatic heterocycles. The first-order chi connectivity index (χ1) is 16.8. The first-order valence-corrected chi connectivity index (χ1v) is 12.0. The highest BCUT2D eigenvalue weighted by Crippen LogP contribution is 2.21. The molecular weight excluding hydrogens is 446 g/mol. The summed E-state index contributed by atoms with van der Waals surface area (Å²) in [5, 5.41) is 11.5. The van der Waals surface area contributed by atoms with Gasteiger partial charge in [0, 0.05) is 19.4 Å². The fraction of sp³-hybridized carbons (Fsp3) is 0.538. The number of nitrogens with one attached hydrogen (secondary N) is 4. The molecule has 1 saturated heterocycles. The van der Waals surface area contributed by atoms with E-state index in [9.17, 15) is 19.2 Å². The Labute approximate surface area is 207 Å². The van der Waals surface area contributed by atoms with Gasteiger partial charge in [-0.05, 0) is 46.3 Å². The van der Waals surface area contributed by atoms with Gasteiger partial charge in [0.2, 0.25) is 17.7 Å². The number of nitrogens with zero attached hydrogens (tertiary/aromatic N) is 1. The van der Waals surface area contributed by atoms with Crippen molar-refractivity contribution in [3.8, 4) is 11.8 Å². The molecule has 1 heterocycles. The van der Waals surface area contributed by atoms with Crippen LogP contribution in [0.4, 0.5) is 0 Å². The van der Waals surface area contributed by atoms with E-state index in [1.54, 1.807) is 25.9 Å². The van der Waals surface area contributed by atoms with Crippen molar-refractivity contribution in [2.45, 2.75) is 69.7 Å². The van der Waals surface area contributed by atoms with Crippen LogP contribution in [0.1, 0.15) is 51.1 Å². The van der Waals surface area contributed by atoms with Crippen LogP contribution in [0.25, 0.3) is 0 Å². The summed E-state index contributed by atoms with van der Waals surface area (Å²) in [6.45, 7) is 4.04. The normalized spacial score (nSPS) is 18.4. The maximum atomic E-state index is 13.5. The van der Waals surface area contributed by atoms with Crippen LogP contribution in [-0.4, -0.2) is 73.7 Å². The third-order valence-corrected chi connectivity index (χ3v) is 6.23. The summed E-state index contributed by atoms with van der Waals surface area (Å²) in [4.78, 5) is 51.6. The molecule has 3 amide bonds. The number of likely N-dealkylation sites (tertiary alicyclic amines) is 1. The number of hydrogen-bond acceptors (Lipinski definition) is 6. The zero-order valence-electron chi connectivity index (χ0n) is 21.0. The predicted octanol–water partition coefficient (Wildman–Crippen LogP) is 0.518. The molecule has 1 aromatic carbocycles. The molecule has 5 atom stereocenters. The Morgan fingerprint density at radius 1 is 1.06 bits per heavy atom. The lowest BCUT2D eigenvalue weighted by atomic mass is 10.1. The van der Waals surface area contributed by atoms with Crippen molar-refractivity contribution in [3.05, 3.63) is 35.9 Å². The van der Waals surface area contributed by atoms with Crippen molar-refractivity contribution in [3.63, 3.8) is 0 Å². The lowest BCUT2D eigenvalue weighted by Gasteiger charge is -2.29. The van der Waals surface area contributed by atoms with E-state index in [0.717, 1.165) is 11.8 Å². The van der Waals surface area contributed by atoms with Crippen molar-refractivity contribution in [1.29, 1.82) is 0 Å². The second kappa shape index (κ2) is 14.2. The SMILES string of the molecule is CNC(C=O)CC#CCC(NC(=O)C(C)NC)C(=O)N1CCCC1C(=O)NC(C)c1ccccc1. The van der Waals surface area contributed by atoms with Gasteiger partial charge in [-0.3, -0.25) is 14.4 Å². The highest BCUT2D eigenvalue weighted by atomic mass is 16.2. The van der Waals surface area contributed by atoms with E-state index in [-0.39, 0.29) is 30.2 Å². The monoisotopic (exact) mass is 483 g/mol. The van der Waals surface area contributed by atoms with Crippen molar-refractivity contribution in [2.75, 3.05) is 20.6 Å². The Hall–Kier alpha value is -3.22. The van der Waals surface area contributed by atoms with Crippen molar-refractivity contribution >= 4 is 24.0 Å². The van der Waals surface area contributed by atoms with Gasteiger partial charge in [-0.15, -0.1) is 11.8 Å². The zero-order chi connectivity index (χ0) is 25.8. The molecule has 9 nitrogen and oxygen atoms in total. The highest BCUT2D eigenvalue weighted by Gasteiger charge is 2.38.